The maximum atomic E-state index is 12.4. The van der Waals surface area contributed by atoms with Gasteiger partial charge in [-0.15, -0.1) is 0 Å². The fourth-order valence-corrected chi connectivity index (χ4v) is 8.88. The monoisotopic (exact) mass is 1010 g/mol. The zero-order valence-corrected chi connectivity index (χ0v) is 40.0. The second-order valence-corrected chi connectivity index (χ2v) is 18.7. The topological polar surface area (TPSA) is 508 Å². The summed E-state index contributed by atoms with van der Waals surface area (Å²) in [5.41, 5.74) is 30.3. The normalized spacial score (nSPS) is 25.2. The van der Waals surface area contributed by atoms with E-state index in [0.29, 0.717) is 57.9 Å². The van der Waals surface area contributed by atoms with Crippen LogP contribution in [0.15, 0.2) is 0 Å². The zero-order chi connectivity index (χ0) is 53.7. The number of aliphatic hydroxyl groups excluding tert-OH is 1. The van der Waals surface area contributed by atoms with Crippen molar-refractivity contribution < 1.29 is 89.2 Å². The molecule has 400 valence electrons. The number of carboxylic acid groups (broad SMARTS) is 4. The lowest BCUT2D eigenvalue weighted by atomic mass is 9.78. The maximum absolute atomic E-state index is 12.4. The number of aliphatic carboxylic acids is 4. The van der Waals surface area contributed by atoms with E-state index in [1.165, 1.54) is 14.7 Å². The summed E-state index contributed by atoms with van der Waals surface area (Å²) in [6.07, 6.45) is 4.81. The maximum Gasteiger partial charge on any atom is 0.451 e. The molecule has 0 spiro atoms. The van der Waals surface area contributed by atoms with Gasteiger partial charge in [0.05, 0.1) is 24.6 Å². The average Bonchev–Trinajstić information content (AvgIpc) is 3.94. The minimum absolute atomic E-state index is 0.0450. The number of carboxylic acids is 4. The molecule has 3 rings (SSSR count). The molecule has 0 saturated carbocycles. The first-order valence-electron chi connectivity index (χ1n) is 23.6. The van der Waals surface area contributed by atoms with E-state index in [2.05, 4.69) is 0 Å². The van der Waals surface area contributed by atoms with Crippen molar-refractivity contribution in [2.75, 3.05) is 52.4 Å². The molecule has 0 bridgehead atoms. The summed E-state index contributed by atoms with van der Waals surface area (Å²) in [6, 6.07) is -1.72. The van der Waals surface area contributed by atoms with Crippen molar-refractivity contribution in [2.45, 2.75) is 132 Å². The molecule has 9 atom stereocenters. The van der Waals surface area contributed by atoms with E-state index in [1.807, 2.05) is 0 Å². The second kappa shape index (κ2) is 30.1. The third kappa shape index (κ3) is 19.2. The average molecular weight is 1010 g/mol. The highest BCUT2D eigenvalue weighted by Gasteiger charge is 2.53. The Bertz CT molecular complexity index is 1710. The minimum atomic E-state index is -1.64. The van der Waals surface area contributed by atoms with Crippen molar-refractivity contribution in [3.63, 3.8) is 0 Å². The van der Waals surface area contributed by atoms with Gasteiger partial charge in [0.15, 0.2) is 0 Å². The SMILES string of the molecule is CC[C@@H](CO)C(=O)N1C[C@H](CCCB(O)O)[C@](N)(C(=O)O)C1.NCCCC[C@H](N)C(=O)N1C[C@H](CCCB(O)O)[C@](N)(C(=O)O)C1.N[C@@H](CCC(=O)O)C(=O)N1C[C@H](CCCB(O)O)[C@](N)(C(=O)O)C1. The number of likely N-dealkylation sites (tertiary alicyclic amines) is 3. The molecule has 3 amide bonds. The molecule has 27 nitrogen and oxygen atoms in total. The highest BCUT2D eigenvalue weighted by atomic mass is 16.4. The number of amides is 3. The van der Waals surface area contributed by atoms with Crippen molar-refractivity contribution in [1.29, 1.82) is 0 Å². The first kappa shape index (κ1) is 64.0. The van der Waals surface area contributed by atoms with Gasteiger partial charge in [-0.2, -0.15) is 0 Å². The first-order chi connectivity index (χ1) is 32.5. The van der Waals surface area contributed by atoms with E-state index in [9.17, 15) is 54.0 Å². The molecule has 3 aliphatic heterocycles. The highest BCUT2D eigenvalue weighted by Crippen LogP contribution is 2.34. The number of carbonyl (C=O) groups is 7. The number of carbonyl (C=O) groups excluding carboxylic acids is 3. The van der Waals surface area contributed by atoms with Crippen LogP contribution in [0, 0.1) is 23.7 Å². The summed E-state index contributed by atoms with van der Waals surface area (Å²) in [4.78, 5) is 86.2. The van der Waals surface area contributed by atoms with Crippen LogP contribution >= 0.6 is 0 Å². The Balaban J connectivity index is 0.000000526. The van der Waals surface area contributed by atoms with Crippen molar-refractivity contribution >= 4 is 63.0 Å². The number of nitrogens with zero attached hydrogens (tertiary/aromatic N) is 3. The van der Waals surface area contributed by atoms with E-state index in [1.54, 1.807) is 6.92 Å². The summed E-state index contributed by atoms with van der Waals surface area (Å²) < 4.78 is 0. The lowest BCUT2D eigenvalue weighted by Gasteiger charge is -2.25. The highest BCUT2D eigenvalue weighted by molar-refractivity contribution is 6.41. The summed E-state index contributed by atoms with van der Waals surface area (Å²) in [6.45, 7) is 2.15. The lowest BCUT2D eigenvalue weighted by molar-refractivity contribution is -0.146. The fourth-order valence-electron chi connectivity index (χ4n) is 8.88. The molecule has 0 aromatic heterocycles. The molecule has 0 aromatic rings. The number of hydrogen-bond acceptors (Lipinski definition) is 20. The predicted octanol–water partition coefficient (Wildman–Crippen LogP) is -5.89. The predicted molar refractivity (Wildman–Crippen MR) is 253 cm³/mol. The van der Waals surface area contributed by atoms with Gasteiger partial charge in [-0.25, -0.2) is 0 Å². The number of nitrogens with two attached hydrogens (primary N) is 6. The molecule has 3 aliphatic rings. The molecule has 70 heavy (non-hydrogen) atoms. The molecule has 23 N–H and O–H groups in total. The van der Waals surface area contributed by atoms with Crippen molar-refractivity contribution in [2.24, 2.45) is 58.1 Å². The van der Waals surface area contributed by atoms with Crippen LogP contribution in [0.4, 0.5) is 0 Å². The van der Waals surface area contributed by atoms with Crippen LogP contribution in [0.5, 0.6) is 0 Å². The minimum Gasteiger partial charge on any atom is -0.481 e. The molecule has 3 saturated heterocycles. The summed E-state index contributed by atoms with van der Waals surface area (Å²) >= 11 is 0. The fraction of sp³-hybridized carbons (Fsp3) is 0.825. The number of rotatable bonds is 27. The van der Waals surface area contributed by atoms with Crippen LogP contribution in [0.1, 0.15) is 84.0 Å². The van der Waals surface area contributed by atoms with E-state index in [-0.39, 0.29) is 89.5 Å². The van der Waals surface area contributed by atoms with Gasteiger partial charge in [-0.3, -0.25) is 33.6 Å². The van der Waals surface area contributed by atoms with E-state index < -0.39 is 104 Å². The Labute approximate surface area is 408 Å². The Morgan fingerprint density at radius 2 is 0.886 bits per heavy atom. The van der Waals surface area contributed by atoms with Crippen LogP contribution in [-0.4, -0.2) is 214 Å². The van der Waals surface area contributed by atoms with Crippen LogP contribution in [0.3, 0.4) is 0 Å². The van der Waals surface area contributed by atoms with Gasteiger partial charge in [-0.05, 0) is 70.5 Å². The van der Waals surface area contributed by atoms with E-state index >= 15 is 0 Å². The van der Waals surface area contributed by atoms with E-state index in [4.69, 9.17) is 69.7 Å². The molecule has 3 heterocycles. The van der Waals surface area contributed by atoms with Crippen molar-refractivity contribution in [3.8, 4) is 0 Å². The van der Waals surface area contributed by atoms with Crippen molar-refractivity contribution in [1.82, 2.24) is 14.7 Å². The summed E-state index contributed by atoms with van der Waals surface area (Å²) in [7, 11) is -4.35. The summed E-state index contributed by atoms with van der Waals surface area (Å²) in [5.74, 6) is -7.77. The first-order valence-corrected chi connectivity index (χ1v) is 23.6. The molecule has 0 unspecified atom stereocenters. The van der Waals surface area contributed by atoms with Crippen LogP contribution < -0.4 is 34.4 Å². The molecule has 0 aliphatic carbocycles. The zero-order valence-electron chi connectivity index (χ0n) is 40.0. The Hall–Kier alpha value is -4.04. The van der Waals surface area contributed by atoms with Gasteiger partial charge in [0.1, 0.15) is 16.6 Å². The van der Waals surface area contributed by atoms with Crippen LogP contribution in [-0.2, 0) is 33.6 Å². The van der Waals surface area contributed by atoms with Crippen LogP contribution in [0.2, 0.25) is 19.0 Å². The Morgan fingerprint density at radius 3 is 1.16 bits per heavy atom. The second-order valence-electron chi connectivity index (χ2n) is 18.7. The molecule has 0 aromatic carbocycles. The van der Waals surface area contributed by atoms with Gasteiger partial charge in [0.2, 0.25) is 17.7 Å². The number of hydrogen-bond donors (Lipinski definition) is 17. The molecular weight excluding hydrogens is 927 g/mol. The van der Waals surface area contributed by atoms with Gasteiger partial charge in [0, 0.05) is 63.4 Å². The number of unbranched alkanes of at least 4 members (excludes halogenated alkanes) is 1. The van der Waals surface area contributed by atoms with Gasteiger partial charge in [0.25, 0.3) is 0 Å². The summed E-state index contributed by atoms with van der Waals surface area (Å²) in [5, 5.41) is 99.3. The smallest absolute Gasteiger partial charge is 0.451 e. The van der Waals surface area contributed by atoms with Crippen molar-refractivity contribution in [3.05, 3.63) is 0 Å². The quantitative estimate of drug-likeness (QED) is 0.0269. The molecule has 3 fully saturated rings. The largest absolute Gasteiger partial charge is 0.481 e. The standard InChI is InChI=1S/C14H29BN4O5.C13H24BN3O7.C13H25BN2O6/c16-7-2-1-5-11(17)12(20)19-8-10(4-3-6-15(23)24)14(18,9-19)13(21)22;15-9(3-4-10(18)19)11(20)17-6-8(2-1-5-14(23)24)13(16,7-17)12(21)22;1-2-9(7-17)11(18)16-6-10(4-3-5-14(21)22)13(15,8-16)12(19)20/h10-11,23-24H,1-9,16-18H2,(H,21,22);8-9,23-24H,1-7,15-16H2,(H,18,19)(H,21,22);9-10,17,21-22H,2-8,15H2,1H3,(H,19,20)/t10-,11-,14-;8-,9-,13-;9-,10-,13-/m000/s1. The molecular formula is C40H78B3N9O18. The van der Waals surface area contributed by atoms with Gasteiger partial charge >= 0.3 is 45.2 Å². The Morgan fingerprint density at radius 1 is 0.557 bits per heavy atom. The van der Waals surface area contributed by atoms with E-state index in [0.717, 1.165) is 12.8 Å². The lowest BCUT2D eigenvalue weighted by Crippen LogP contribution is -2.55. The number of aliphatic hydroxyl groups is 1. The molecule has 30 heteroatoms. The van der Waals surface area contributed by atoms with Crippen LogP contribution in [0.25, 0.3) is 0 Å². The Kier molecular flexibility index (Phi) is 27.5. The van der Waals surface area contributed by atoms with Gasteiger partial charge in [-0.1, -0.05) is 32.6 Å². The van der Waals surface area contributed by atoms with Gasteiger partial charge < -0.3 is 105 Å². The molecule has 0 radical (unpaired) electrons. The third-order valence-electron chi connectivity index (χ3n) is 13.4. The third-order valence-corrected chi connectivity index (χ3v) is 13.4.